The second-order valence-electron chi connectivity index (χ2n) is 11.8. The smallest absolute Gasteiger partial charge is 0.255 e. The first-order valence-corrected chi connectivity index (χ1v) is 17.7. The van der Waals surface area contributed by atoms with Crippen LogP contribution in [0.1, 0.15) is 21.5 Å². The summed E-state index contributed by atoms with van der Waals surface area (Å²) < 4.78 is 16.8. The van der Waals surface area contributed by atoms with Crippen LogP contribution in [0.3, 0.4) is 0 Å². The second kappa shape index (κ2) is 21.2. The summed E-state index contributed by atoms with van der Waals surface area (Å²) in [6, 6.07) is 31.7. The van der Waals surface area contributed by atoms with Crippen molar-refractivity contribution in [1.29, 1.82) is 0 Å². The number of halogens is 1. The topological polar surface area (TPSA) is 101 Å². The summed E-state index contributed by atoms with van der Waals surface area (Å²) in [6.07, 6.45) is 0. The van der Waals surface area contributed by atoms with Gasteiger partial charge in [0.2, 0.25) is 0 Å². The van der Waals surface area contributed by atoms with E-state index in [1.54, 1.807) is 12.1 Å². The van der Waals surface area contributed by atoms with Crippen LogP contribution in [-0.4, -0.2) is 84.8 Å². The predicted octanol–water partition coefficient (Wildman–Crippen LogP) is 6.55. The number of nitrogens with zero attached hydrogens (tertiary/aromatic N) is 2. The Morgan fingerprint density at radius 2 is 1.10 bits per heavy atom. The van der Waals surface area contributed by atoms with Crippen LogP contribution in [0.4, 0.5) is 22.7 Å². The number of para-hydroxylation sites is 2. The van der Waals surface area contributed by atoms with Gasteiger partial charge in [0.05, 0.1) is 51.0 Å². The van der Waals surface area contributed by atoms with Gasteiger partial charge < -0.3 is 40.4 Å². The van der Waals surface area contributed by atoms with Crippen molar-refractivity contribution in [3.63, 3.8) is 0 Å². The summed E-state index contributed by atoms with van der Waals surface area (Å²) >= 11 is 3.35. The Labute approximate surface area is 299 Å². The number of nitrogen functional groups attached to an aromatic ring is 1. The number of nitrogens with one attached hydrogen (secondary N) is 2. The van der Waals surface area contributed by atoms with Crippen molar-refractivity contribution in [2.75, 3.05) is 99.8 Å². The molecule has 262 valence electrons. The molecule has 3 saturated heterocycles. The molecule has 0 radical (unpaired) electrons. The largest absolute Gasteiger partial charge is 0.397 e. The highest BCUT2D eigenvalue weighted by Crippen LogP contribution is 2.20. The number of benzene rings is 4. The average molecular weight is 733 g/mol. The summed E-state index contributed by atoms with van der Waals surface area (Å²) in [4.78, 5) is 16.9. The lowest BCUT2D eigenvalue weighted by molar-refractivity contribution is 0.102. The Morgan fingerprint density at radius 1 is 0.653 bits per heavy atom. The van der Waals surface area contributed by atoms with Crippen LogP contribution in [0, 0.1) is 13.8 Å². The Kier molecular flexibility index (Phi) is 16.4. The number of ether oxygens (including phenoxy) is 3. The molecule has 9 nitrogen and oxygen atoms in total. The lowest BCUT2D eigenvalue weighted by atomic mass is 10.1. The molecule has 3 aliphatic heterocycles. The quantitative estimate of drug-likeness (QED) is 0.203. The molecule has 0 unspecified atom stereocenters. The minimum absolute atomic E-state index is 0.161. The summed E-state index contributed by atoms with van der Waals surface area (Å²) in [5.74, 6) is -0.161. The fourth-order valence-electron chi connectivity index (χ4n) is 5.08. The maximum Gasteiger partial charge on any atom is 0.255 e. The third-order valence-corrected chi connectivity index (χ3v) is 8.51. The molecule has 4 N–H and O–H groups in total. The van der Waals surface area contributed by atoms with Crippen molar-refractivity contribution in [2.24, 2.45) is 0 Å². The Morgan fingerprint density at radius 3 is 1.53 bits per heavy atom. The van der Waals surface area contributed by atoms with Crippen LogP contribution in [0.15, 0.2) is 102 Å². The zero-order valence-corrected chi connectivity index (χ0v) is 30.3. The number of nitrogens with two attached hydrogens (primary N) is 1. The van der Waals surface area contributed by atoms with Crippen LogP contribution in [0.25, 0.3) is 0 Å². The minimum atomic E-state index is -0.161. The van der Waals surface area contributed by atoms with Gasteiger partial charge in [0.25, 0.3) is 5.91 Å². The molecule has 3 fully saturated rings. The first-order chi connectivity index (χ1) is 23.9. The summed E-state index contributed by atoms with van der Waals surface area (Å²) in [6.45, 7) is 15.0. The van der Waals surface area contributed by atoms with Crippen molar-refractivity contribution < 1.29 is 19.0 Å². The van der Waals surface area contributed by atoms with E-state index in [9.17, 15) is 4.79 Å². The zero-order valence-electron chi connectivity index (χ0n) is 28.7. The number of rotatable bonds is 4. The van der Waals surface area contributed by atoms with Gasteiger partial charge >= 0.3 is 0 Å². The molecule has 4 aromatic carbocycles. The highest BCUT2D eigenvalue weighted by molar-refractivity contribution is 9.10. The molecule has 0 spiro atoms. The average Bonchev–Trinajstić information content (AvgIpc) is 3.16. The number of morpholine rings is 3. The summed E-state index contributed by atoms with van der Waals surface area (Å²) in [5.41, 5.74) is 12.7. The predicted molar refractivity (Wildman–Crippen MR) is 205 cm³/mol. The molecule has 4 aromatic rings. The molecule has 3 aliphatic rings. The molecule has 0 bridgehead atoms. The number of amides is 1. The number of hydrogen-bond acceptors (Lipinski definition) is 8. The highest BCUT2D eigenvalue weighted by atomic mass is 79.9. The van der Waals surface area contributed by atoms with E-state index in [4.69, 9.17) is 19.9 Å². The molecular formula is C39H50BrN5O4. The van der Waals surface area contributed by atoms with Crippen LogP contribution in [0.5, 0.6) is 0 Å². The van der Waals surface area contributed by atoms with E-state index < -0.39 is 0 Å². The zero-order chi connectivity index (χ0) is 34.7. The molecule has 10 heteroatoms. The fourth-order valence-corrected chi connectivity index (χ4v) is 5.34. The molecular weight excluding hydrogens is 682 g/mol. The van der Waals surface area contributed by atoms with E-state index in [1.807, 2.05) is 48.5 Å². The van der Waals surface area contributed by atoms with Gasteiger partial charge in [-0.15, -0.1) is 0 Å². The van der Waals surface area contributed by atoms with Crippen molar-refractivity contribution >= 4 is 44.6 Å². The third-order valence-electron chi connectivity index (χ3n) is 7.98. The summed E-state index contributed by atoms with van der Waals surface area (Å²) in [5, 5.41) is 5.99. The first kappa shape index (κ1) is 37.9. The van der Waals surface area contributed by atoms with Crippen molar-refractivity contribution in [3.05, 3.63) is 118 Å². The number of carbonyl (C=O) groups excluding carboxylic acids is 1. The molecule has 0 aliphatic carbocycles. The normalized spacial score (nSPS) is 15.7. The van der Waals surface area contributed by atoms with E-state index in [1.165, 1.54) is 16.8 Å². The van der Waals surface area contributed by atoms with Gasteiger partial charge in [-0.3, -0.25) is 4.79 Å². The van der Waals surface area contributed by atoms with E-state index >= 15 is 0 Å². The van der Waals surface area contributed by atoms with E-state index in [-0.39, 0.29) is 5.91 Å². The van der Waals surface area contributed by atoms with Gasteiger partial charge in [-0.2, -0.15) is 0 Å². The molecule has 0 aromatic heterocycles. The molecule has 49 heavy (non-hydrogen) atoms. The lowest BCUT2D eigenvalue weighted by Crippen LogP contribution is -2.36. The van der Waals surface area contributed by atoms with Crippen LogP contribution in [-0.2, 0) is 14.2 Å². The second-order valence-corrected chi connectivity index (χ2v) is 12.7. The molecule has 0 saturated carbocycles. The van der Waals surface area contributed by atoms with E-state index in [2.05, 4.69) is 86.6 Å². The third kappa shape index (κ3) is 13.8. The maximum atomic E-state index is 12.3. The minimum Gasteiger partial charge on any atom is -0.397 e. The Balaban J connectivity index is 0.000000168. The number of hydrogen-bond donors (Lipinski definition) is 3. The molecule has 1 amide bonds. The Hall–Kier alpha value is -3.93. The standard InChI is InChI=1S/C17H19N3O2.C11H15NO.C7H7Br.C4H9NO/c18-15-3-1-2-4-16(15)19-17(21)13-5-7-14(8-6-13)20-9-11-22-12-10-20;1-10-2-4-11(5-3-10)12-6-8-13-9-7-12;1-6-2-4-7(8)5-3-6;1-3-6-4-2-5-1/h1-8H,9-12,18H2,(H,19,21);2-5H,6-9H2,1H3;2-5H,1H3;5H,1-4H2. The number of carbonyl (C=O) groups is 1. The van der Waals surface area contributed by atoms with Gasteiger partial charge in [0, 0.05) is 60.7 Å². The monoisotopic (exact) mass is 731 g/mol. The highest BCUT2D eigenvalue weighted by Gasteiger charge is 2.13. The SMILES string of the molecule is C1COCCN1.Cc1ccc(Br)cc1.Cc1ccc(N2CCOCC2)cc1.Nc1ccccc1NC(=O)c1ccc(N2CCOCC2)cc1. The lowest BCUT2D eigenvalue weighted by Gasteiger charge is -2.28. The van der Waals surface area contributed by atoms with Crippen LogP contribution in [0.2, 0.25) is 0 Å². The molecule has 7 rings (SSSR count). The molecule has 0 atom stereocenters. The van der Waals surface area contributed by atoms with Gasteiger partial charge in [0.1, 0.15) is 0 Å². The van der Waals surface area contributed by atoms with Crippen molar-refractivity contribution in [2.45, 2.75) is 13.8 Å². The number of anilines is 4. The van der Waals surface area contributed by atoms with Gasteiger partial charge in [0.15, 0.2) is 0 Å². The maximum absolute atomic E-state index is 12.3. The van der Waals surface area contributed by atoms with Gasteiger partial charge in [-0.05, 0) is 74.5 Å². The van der Waals surface area contributed by atoms with Crippen molar-refractivity contribution in [1.82, 2.24) is 5.32 Å². The van der Waals surface area contributed by atoms with Crippen LogP contribution >= 0.6 is 15.9 Å². The Bertz CT molecular complexity index is 1470. The van der Waals surface area contributed by atoms with E-state index in [0.717, 1.165) is 89.1 Å². The fraction of sp³-hybridized carbons (Fsp3) is 0.359. The van der Waals surface area contributed by atoms with Gasteiger partial charge in [-0.25, -0.2) is 0 Å². The van der Waals surface area contributed by atoms with E-state index in [0.29, 0.717) is 16.9 Å². The first-order valence-electron chi connectivity index (χ1n) is 16.9. The molecule has 3 heterocycles. The number of aryl methyl sites for hydroxylation is 2. The van der Waals surface area contributed by atoms with Crippen LogP contribution < -0.4 is 26.2 Å². The summed E-state index contributed by atoms with van der Waals surface area (Å²) in [7, 11) is 0. The van der Waals surface area contributed by atoms with Gasteiger partial charge in [-0.1, -0.05) is 63.5 Å². The van der Waals surface area contributed by atoms with Crippen molar-refractivity contribution in [3.8, 4) is 0 Å².